The number of rotatable bonds is 17. The van der Waals surface area contributed by atoms with Gasteiger partial charge in [0.15, 0.2) is 12.0 Å². The number of hydrogen-bond acceptors (Lipinski definition) is 10. The molecule has 9 rings (SSSR count). The standard InChI is InChI=1S/C40H49F2N7O5.C14H19ClO/c1-4-5-6-17-40(51)25-48(38(50)49(40)29(2)3)33-10-8-31(9-11-33)45-18-20-46(21-19-45)32-12-14-34(15-13-32)52-23-37-53-26-39(54-37,24-47-28-43-27-44-47)35-16-7-30(41)22-36(35)42;1-13(2,3)14(10-16-14)9-8-11-4-6-12(15)7-5-11/h7-16,22,27-29,37,51H,4-6,17-21,23-26H2,1-3H3;4-7H,8-10H2,1-3H3/t37-,39+,40?;/m0./s1. The van der Waals surface area contributed by atoms with Crippen molar-refractivity contribution in [1.82, 2.24) is 19.7 Å². The van der Waals surface area contributed by atoms with E-state index in [1.165, 1.54) is 35.0 Å². The molecule has 70 heavy (non-hydrogen) atoms. The second-order valence-electron chi connectivity index (χ2n) is 20.3. The van der Waals surface area contributed by atoms with Crippen LogP contribution < -0.4 is 19.4 Å². The molecule has 0 spiro atoms. The van der Waals surface area contributed by atoms with Crippen LogP contribution in [0.1, 0.15) is 84.8 Å². The number of hydrogen-bond donors (Lipinski definition) is 1. The molecule has 1 aromatic heterocycles. The lowest BCUT2D eigenvalue weighted by Crippen LogP contribution is -2.50. The van der Waals surface area contributed by atoms with Gasteiger partial charge in [0.05, 0.1) is 31.9 Å². The first-order valence-corrected chi connectivity index (χ1v) is 25.0. The molecular weight excluding hydrogens is 916 g/mol. The van der Waals surface area contributed by atoms with E-state index >= 15 is 0 Å². The maximum atomic E-state index is 14.9. The van der Waals surface area contributed by atoms with E-state index in [2.05, 4.69) is 71.8 Å². The average molecular weight is 985 g/mol. The predicted molar refractivity (Wildman–Crippen MR) is 268 cm³/mol. The number of halogens is 3. The third-order valence-electron chi connectivity index (χ3n) is 14.1. The highest BCUT2D eigenvalue weighted by Gasteiger charge is 2.53. The molecule has 16 heteroatoms. The van der Waals surface area contributed by atoms with Crippen molar-refractivity contribution in [3.8, 4) is 5.75 Å². The lowest BCUT2D eigenvalue weighted by molar-refractivity contribution is -0.117. The maximum Gasteiger partial charge on any atom is 0.327 e. The second-order valence-corrected chi connectivity index (χ2v) is 20.7. The van der Waals surface area contributed by atoms with Crippen LogP contribution in [0.25, 0.3) is 0 Å². The number of anilines is 3. The summed E-state index contributed by atoms with van der Waals surface area (Å²) in [5.74, 6) is -0.764. The number of carbonyl (C=O) groups excluding carboxylic acids is 1. The number of aliphatic hydroxyl groups is 1. The van der Waals surface area contributed by atoms with Crippen molar-refractivity contribution >= 4 is 34.7 Å². The number of nitrogens with zero attached hydrogens (tertiary/aromatic N) is 7. The number of benzene rings is 4. The Kier molecular flexibility index (Phi) is 15.7. The monoisotopic (exact) mass is 983 g/mol. The topological polar surface area (TPSA) is 121 Å². The van der Waals surface area contributed by atoms with Gasteiger partial charge in [-0.15, -0.1) is 0 Å². The van der Waals surface area contributed by atoms with Crippen molar-refractivity contribution in [2.24, 2.45) is 5.41 Å². The molecule has 0 aliphatic carbocycles. The lowest BCUT2D eigenvalue weighted by Gasteiger charge is -2.37. The molecule has 4 fully saturated rings. The van der Waals surface area contributed by atoms with Crippen molar-refractivity contribution < 1.29 is 37.6 Å². The summed E-state index contributed by atoms with van der Waals surface area (Å²) in [7, 11) is 0. The van der Waals surface area contributed by atoms with Crippen LogP contribution in [0.15, 0.2) is 104 Å². The van der Waals surface area contributed by atoms with Gasteiger partial charge in [-0.2, -0.15) is 5.10 Å². The Morgan fingerprint density at radius 2 is 1.51 bits per heavy atom. The Balaban J connectivity index is 0.000000348. The molecule has 0 saturated carbocycles. The highest BCUT2D eigenvalue weighted by molar-refractivity contribution is 6.30. The van der Waals surface area contributed by atoms with E-state index in [1.54, 1.807) is 9.80 Å². The molecule has 4 aliphatic heterocycles. The zero-order chi connectivity index (χ0) is 49.7. The van der Waals surface area contributed by atoms with Crippen LogP contribution in [-0.2, 0) is 32.8 Å². The van der Waals surface area contributed by atoms with Crippen LogP contribution in [-0.4, -0.2) is 107 Å². The minimum absolute atomic E-state index is 0.0250. The quantitative estimate of drug-likeness (QED) is 0.0712. The first-order valence-electron chi connectivity index (χ1n) is 24.6. The molecule has 5 aromatic rings. The van der Waals surface area contributed by atoms with Gasteiger partial charge >= 0.3 is 6.03 Å². The molecule has 0 bridgehead atoms. The maximum absolute atomic E-state index is 14.9. The summed E-state index contributed by atoms with van der Waals surface area (Å²) >= 11 is 5.86. The predicted octanol–water partition coefficient (Wildman–Crippen LogP) is 10.2. The van der Waals surface area contributed by atoms with Crippen LogP contribution in [0, 0.1) is 17.0 Å². The summed E-state index contributed by atoms with van der Waals surface area (Å²) in [5, 5.41) is 16.5. The van der Waals surface area contributed by atoms with Crippen LogP contribution in [0.5, 0.6) is 5.75 Å². The fourth-order valence-electron chi connectivity index (χ4n) is 9.86. The second kappa shape index (κ2) is 21.6. The number of epoxide rings is 1. The number of urea groups is 1. The number of ether oxygens (including phenoxy) is 4. The SMILES string of the molecule is CC(C)(C)C1(CCc2ccc(Cl)cc2)CO1.CCCCCC1(O)CN(c2ccc(N3CCN(c4ccc(OC[C@H]5OC[C@](Cn6cncn6)(c6ccc(F)cc6F)O5)cc4)CC3)cc2)C(=O)N1C(C)C. The summed E-state index contributed by atoms with van der Waals surface area (Å²) in [4.78, 5) is 25.4. The third kappa shape index (κ3) is 11.7. The summed E-state index contributed by atoms with van der Waals surface area (Å²) in [5.41, 5.74) is 2.41. The number of carbonyl (C=O) groups is 1. The van der Waals surface area contributed by atoms with Gasteiger partial charge in [-0.05, 0) is 117 Å². The van der Waals surface area contributed by atoms with E-state index < -0.39 is 29.3 Å². The van der Waals surface area contributed by atoms with E-state index in [0.29, 0.717) is 12.2 Å². The minimum atomic E-state index is -1.24. The molecule has 0 radical (unpaired) electrons. The van der Waals surface area contributed by atoms with Crippen LogP contribution in [0.2, 0.25) is 5.02 Å². The van der Waals surface area contributed by atoms with Crippen molar-refractivity contribution in [2.75, 3.05) is 67.2 Å². The van der Waals surface area contributed by atoms with Crippen molar-refractivity contribution in [3.63, 3.8) is 0 Å². The first kappa shape index (κ1) is 51.0. The Morgan fingerprint density at radius 3 is 2.09 bits per heavy atom. The van der Waals surface area contributed by atoms with Gasteiger partial charge in [-0.25, -0.2) is 23.2 Å². The van der Waals surface area contributed by atoms with Gasteiger partial charge < -0.3 is 33.9 Å². The Bertz CT molecular complexity index is 2480. The highest BCUT2D eigenvalue weighted by atomic mass is 35.5. The zero-order valence-corrected chi connectivity index (χ0v) is 42.1. The number of amides is 2. The van der Waals surface area contributed by atoms with Gasteiger partial charge in [0.25, 0.3) is 0 Å². The third-order valence-corrected chi connectivity index (χ3v) is 14.4. The molecule has 1 N–H and O–H groups in total. The Hall–Kier alpha value is -5.32. The fourth-order valence-corrected chi connectivity index (χ4v) is 9.99. The normalized spacial score (nSPS) is 23.5. The van der Waals surface area contributed by atoms with Gasteiger partial charge in [0.2, 0.25) is 0 Å². The van der Waals surface area contributed by atoms with Crippen LogP contribution in [0.4, 0.5) is 30.6 Å². The first-order chi connectivity index (χ1) is 33.5. The number of aromatic nitrogens is 3. The molecule has 4 saturated heterocycles. The van der Waals surface area contributed by atoms with Crippen molar-refractivity contribution in [3.05, 3.63) is 131 Å². The lowest BCUT2D eigenvalue weighted by atomic mass is 9.77. The largest absolute Gasteiger partial charge is 0.488 e. The molecule has 4 aliphatic rings. The molecule has 376 valence electrons. The van der Waals surface area contributed by atoms with E-state index in [-0.39, 0.29) is 55.0 Å². The van der Waals surface area contributed by atoms with Crippen LogP contribution in [0.3, 0.4) is 0 Å². The van der Waals surface area contributed by atoms with Gasteiger partial charge in [0.1, 0.15) is 42.2 Å². The molecule has 13 nitrogen and oxygen atoms in total. The zero-order valence-electron chi connectivity index (χ0n) is 41.3. The average Bonchev–Trinajstić information content (AvgIpc) is 3.63. The van der Waals surface area contributed by atoms with Crippen LogP contribution >= 0.6 is 11.6 Å². The number of unbranched alkanes of at least 4 members (excludes halogenated alkanes) is 2. The molecule has 2 amide bonds. The smallest absolute Gasteiger partial charge is 0.327 e. The molecule has 2 unspecified atom stereocenters. The van der Waals surface area contributed by atoms with Gasteiger partial charge in [-0.1, -0.05) is 70.3 Å². The highest BCUT2D eigenvalue weighted by Crippen LogP contribution is 2.47. The molecular formula is C54H68ClF2N7O6. The summed E-state index contributed by atoms with van der Waals surface area (Å²) in [6.07, 6.45) is 7.79. The molecule has 4 aromatic carbocycles. The number of β-amino-alcohol motifs (C(OH)–C–C–N with tert-alkyl or cyclic N) is 1. The van der Waals surface area contributed by atoms with Gasteiger partial charge in [-0.3, -0.25) is 9.80 Å². The molecule has 4 atom stereocenters. The number of aryl methyl sites for hydroxylation is 1. The van der Waals surface area contributed by atoms with E-state index in [4.69, 9.17) is 30.5 Å². The summed E-state index contributed by atoms with van der Waals surface area (Å²) in [6.45, 7) is 17.5. The number of piperazine rings is 1. The summed E-state index contributed by atoms with van der Waals surface area (Å²) < 4.78 is 54.0. The van der Waals surface area contributed by atoms with Crippen molar-refractivity contribution in [1.29, 1.82) is 0 Å². The van der Waals surface area contributed by atoms with Crippen molar-refractivity contribution in [2.45, 2.75) is 116 Å². The summed E-state index contributed by atoms with van der Waals surface area (Å²) in [6, 6.07) is 27.2. The van der Waals surface area contributed by atoms with Gasteiger partial charge in [0, 0.05) is 65.9 Å². The fraction of sp³-hybridized carbons (Fsp3) is 0.500. The Morgan fingerprint density at radius 1 is 0.871 bits per heavy atom. The van der Waals surface area contributed by atoms with E-state index in [1.807, 2.05) is 62.4 Å². The Labute approximate surface area is 416 Å². The minimum Gasteiger partial charge on any atom is -0.488 e. The molecule has 5 heterocycles. The van der Waals surface area contributed by atoms with E-state index in [9.17, 15) is 18.7 Å². The van der Waals surface area contributed by atoms with E-state index in [0.717, 1.165) is 93.0 Å².